The SMILES string of the molecule is COc1cccc(C(CNC(=O)c2ccc(NS(=O)(=O)/C=C/c3ccccc3)cc2)N(C)C)c1. The average molecular weight is 480 g/mol. The summed E-state index contributed by atoms with van der Waals surface area (Å²) in [5, 5.41) is 4.07. The Labute approximate surface area is 201 Å². The van der Waals surface area contributed by atoms with Crippen LogP contribution in [0.3, 0.4) is 0 Å². The second kappa shape index (κ2) is 11.5. The Hall–Kier alpha value is -3.62. The third-order valence-electron chi connectivity index (χ3n) is 5.20. The van der Waals surface area contributed by atoms with Crippen LogP contribution in [0.25, 0.3) is 6.08 Å². The number of hydrogen-bond acceptors (Lipinski definition) is 5. The molecule has 3 aromatic rings. The zero-order chi connectivity index (χ0) is 24.6. The smallest absolute Gasteiger partial charge is 0.255 e. The van der Waals surface area contributed by atoms with Crippen LogP contribution in [0.2, 0.25) is 0 Å². The maximum Gasteiger partial charge on any atom is 0.255 e. The molecule has 7 nitrogen and oxygen atoms in total. The summed E-state index contributed by atoms with van der Waals surface area (Å²) in [7, 11) is 1.84. The summed E-state index contributed by atoms with van der Waals surface area (Å²) in [5.74, 6) is 0.514. The number of carbonyl (C=O) groups excluding carboxylic acids is 1. The van der Waals surface area contributed by atoms with Gasteiger partial charge >= 0.3 is 0 Å². The molecule has 0 saturated carbocycles. The number of nitrogens with one attached hydrogen (secondary N) is 2. The van der Waals surface area contributed by atoms with E-state index in [0.29, 0.717) is 17.8 Å². The van der Waals surface area contributed by atoms with Crippen molar-refractivity contribution in [3.05, 3.63) is 101 Å². The van der Waals surface area contributed by atoms with Gasteiger partial charge in [-0.2, -0.15) is 0 Å². The van der Waals surface area contributed by atoms with E-state index in [0.717, 1.165) is 22.3 Å². The Balaban J connectivity index is 1.61. The summed E-state index contributed by atoms with van der Waals surface area (Å²) in [6.45, 7) is 0.400. The molecule has 1 unspecified atom stereocenters. The molecule has 3 rings (SSSR count). The van der Waals surface area contributed by atoms with Crippen LogP contribution in [0.15, 0.2) is 84.3 Å². The molecular formula is C26H29N3O4S. The molecule has 0 saturated heterocycles. The zero-order valence-corrected chi connectivity index (χ0v) is 20.2. The van der Waals surface area contributed by atoms with Crippen molar-refractivity contribution >= 4 is 27.7 Å². The highest BCUT2D eigenvalue weighted by Gasteiger charge is 2.17. The predicted molar refractivity (Wildman–Crippen MR) is 136 cm³/mol. The molecule has 8 heteroatoms. The van der Waals surface area contributed by atoms with Gasteiger partial charge in [0.15, 0.2) is 0 Å². The van der Waals surface area contributed by atoms with Gasteiger partial charge in [0.2, 0.25) is 0 Å². The zero-order valence-electron chi connectivity index (χ0n) is 19.4. The van der Waals surface area contributed by atoms with E-state index in [1.54, 1.807) is 31.4 Å². The van der Waals surface area contributed by atoms with Gasteiger partial charge in [-0.05, 0) is 67.7 Å². The number of methoxy groups -OCH3 is 1. The summed E-state index contributed by atoms with van der Waals surface area (Å²) in [6.07, 6.45) is 1.52. The number of carbonyl (C=O) groups is 1. The number of benzene rings is 3. The number of hydrogen-bond donors (Lipinski definition) is 2. The van der Waals surface area contributed by atoms with E-state index in [2.05, 4.69) is 10.0 Å². The first-order valence-electron chi connectivity index (χ1n) is 10.7. The Bertz CT molecular complexity index is 1220. The lowest BCUT2D eigenvalue weighted by atomic mass is 10.1. The number of nitrogens with zero attached hydrogens (tertiary/aromatic N) is 1. The third-order valence-corrected chi connectivity index (χ3v) is 6.22. The van der Waals surface area contributed by atoms with Crippen molar-refractivity contribution in [2.24, 2.45) is 0 Å². The van der Waals surface area contributed by atoms with Crippen molar-refractivity contribution in [1.82, 2.24) is 10.2 Å². The highest BCUT2D eigenvalue weighted by molar-refractivity contribution is 7.95. The standard InChI is InChI=1S/C26H29N3O4S/c1-29(2)25(22-10-7-11-24(18-22)33-3)19-27-26(30)21-12-14-23(15-13-21)28-34(31,32)17-16-20-8-5-4-6-9-20/h4-18,25,28H,19H2,1-3H3,(H,27,30)/b17-16+. The second-order valence-electron chi connectivity index (χ2n) is 7.90. The minimum absolute atomic E-state index is 0.0402. The van der Waals surface area contributed by atoms with E-state index in [1.807, 2.05) is 73.6 Å². The average Bonchev–Trinajstić information content (AvgIpc) is 2.83. The first-order valence-corrected chi connectivity index (χ1v) is 12.3. The molecule has 178 valence electrons. The predicted octanol–water partition coefficient (Wildman–Crippen LogP) is 4.14. The van der Waals surface area contributed by atoms with Crippen molar-refractivity contribution in [2.45, 2.75) is 6.04 Å². The van der Waals surface area contributed by atoms with Crippen LogP contribution in [0, 0.1) is 0 Å². The molecule has 0 spiro atoms. The quantitative estimate of drug-likeness (QED) is 0.456. The van der Waals surface area contributed by atoms with Crippen LogP contribution < -0.4 is 14.8 Å². The van der Waals surface area contributed by atoms with E-state index in [4.69, 9.17) is 4.74 Å². The van der Waals surface area contributed by atoms with E-state index in [-0.39, 0.29) is 11.9 Å². The van der Waals surface area contributed by atoms with Gasteiger partial charge in [-0.1, -0.05) is 42.5 Å². The Kier molecular flexibility index (Phi) is 8.45. The summed E-state index contributed by atoms with van der Waals surface area (Å²) in [4.78, 5) is 14.7. The largest absolute Gasteiger partial charge is 0.497 e. The molecule has 0 bridgehead atoms. The summed E-state index contributed by atoms with van der Waals surface area (Å²) >= 11 is 0. The fraction of sp³-hybridized carbons (Fsp3) is 0.192. The number of sulfonamides is 1. The summed E-state index contributed by atoms with van der Waals surface area (Å²) in [6, 6.07) is 23.2. The second-order valence-corrected chi connectivity index (χ2v) is 9.47. The topological polar surface area (TPSA) is 87.7 Å². The van der Waals surface area contributed by atoms with Gasteiger partial charge in [0.1, 0.15) is 5.75 Å². The maximum absolute atomic E-state index is 12.7. The fourth-order valence-electron chi connectivity index (χ4n) is 3.36. The maximum atomic E-state index is 12.7. The van der Waals surface area contributed by atoms with Gasteiger partial charge < -0.3 is 15.0 Å². The molecule has 0 heterocycles. The van der Waals surface area contributed by atoms with E-state index in [9.17, 15) is 13.2 Å². The monoisotopic (exact) mass is 479 g/mol. The Morgan fingerprint density at radius 2 is 1.71 bits per heavy atom. The van der Waals surface area contributed by atoms with Gasteiger partial charge in [0.05, 0.1) is 18.6 Å². The van der Waals surface area contributed by atoms with Crippen molar-refractivity contribution in [1.29, 1.82) is 0 Å². The molecular weight excluding hydrogens is 450 g/mol. The number of rotatable bonds is 10. The van der Waals surface area contributed by atoms with Crippen molar-refractivity contribution in [3.63, 3.8) is 0 Å². The van der Waals surface area contributed by atoms with Gasteiger partial charge in [-0.25, -0.2) is 8.42 Å². The summed E-state index contributed by atoms with van der Waals surface area (Å²) in [5.41, 5.74) is 2.62. The van der Waals surface area contributed by atoms with Crippen LogP contribution in [-0.2, 0) is 10.0 Å². The van der Waals surface area contributed by atoms with Gasteiger partial charge in [0, 0.05) is 17.8 Å². The molecule has 3 aromatic carbocycles. The molecule has 0 fully saturated rings. The molecule has 0 aliphatic heterocycles. The van der Waals surface area contributed by atoms with Gasteiger partial charge in [-0.15, -0.1) is 0 Å². The molecule has 2 N–H and O–H groups in total. The lowest BCUT2D eigenvalue weighted by Gasteiger charge is -2.25. The molecule has 0 aromatic heterocycles. The first-order chi connectivity index (χ1) is 16.3. The third kappa shape index (κ3) is 7.19. The number of amides is 1. The fourth-order valence-corrected chi connectivity index (χ4v) is 4.23. The molecule has 1 atom stereocenters. The highest BCUT2D eigenvalue weighted by Crippen LogP contribution is 2.22. The van der Waals surface area contributed by atoms with Crippen LogP contribution in [0.1, 0.15) is 27.5 Å². The van der Waals surface area contributed by atoms with Crippen LogP contribution >= 0.6 is 0 Å². The highest BCUT2D eigenvalue weighted by atomic mass is 32.2. The molecule has 0 aliphatic carbocycles. The van der Waals surface area contributed by atoms with Gasteiger partial charge in [0.25, 0.3) is 15.9 Å². The minimum atomic E-state index is -3.68. The molecule has 1 amide bonds. The Morgan fingerprint density at radius 3 is 2.35 bits per heavy atom. The van der Waals surface area contributed by atoms with Crippen LogP contribution in [-0.4, -0.2) is 47.0 Å². The number of anilines is 1. The van der Waals surface area contributed by atoms with Crippen LogP contribution in [0.4, 0.5) is 5.69 Å². The van der Waals surface area contributed by atoms with E-state index < -0.39 is 10.0 Å². The summed E-state index contributed by atoms with van der Waals surface area (Å²) < 4.78 is 32.4. The molecule has 34 heavy (non-hydrogen) atoms. The Morgan fingerprint density at radius 1 is 1.00 bits per heavy atom. The van der Waals surface area contributed by atoms with Crippen molar-refractivity contribution in [2.75, 3.05) is 32.5 Å². The molecule has 0 aliphatic rings. The van der Waals surface area contributed by atoms with Crippen molar-refractivity contribution in [3.8, 4) is 5.75 Å². The van der Waals surface area contributed by atoms with E-state index >= 15 is 0 Å². The normalized spacial score (nSPS) is 12.5. The first kappa shape index (κ1) is 25.0. The van der Waals surface area contributed by atoms with Gasteiger partial charge in [-0.3, -0.25) is 9.52 Å². The minimum Gasteiger partial charge on any atom is -0.497 e. The van der Waals surface area contributed by atoms with Crippen LogP contribution in [0.5, 0.6) is 5.75 Å². The lowest BCUT2D eigenvalue weighted by Crippen LogP contribution is -2.34. The molecule has 0 radical (unpaired) electrons. The number of likely N-dealkylation sites (N-methyl/N-ethyl adjacent to an activating group) is 1. The van der Waals surface area contributed by atoms with Crippen molar-refractivity contribution < 1.29 is 17.9 Å². The lowest BCUT2D eigenvalue weighted by molar-refractivity contribution is 0.0942. The van der Waals surface area contributed by atoms with E-state index in [1.165, 1.54) is 6.08 Å². The number of ether oxygens (including phenoxy) is 1.